The number of rotatable bonds is 10. The van der Waals surface area contributed by atoms with Gasteiger partial charge in [-0.3, -0.25) is 14.4 Å². The maximum Gasteiger partial charge on any atom is 0.313 e. The van der Waals surface area contributed by atoms with E-state index in [9.17, 15) is 14.4 Å². The van der Waals surface area contributed by atoms with Gasteiger partial charge >= 0.3 is 5.97 Å². The monoisotopic (exact) mass is 530 g/mol. The van der Waals surface area contributed by atoms with E-state index in [1.165, 1.54) is 0 Å². The molecular weight excluding hydrogens is 484 g/mol. The SMILES string of the molecule is CCCC(C)N1CC=C[C@]23O[C@]4(CC)/C=C\CCCCOC(=O)[C@@H]4[C@H]2C(=O)N(CCCCCCO)C3C1=O. The van der Waals surface area contributed by atoms with Crippen LogP contribution in [0.15, 0.2) is 24.3 Å². The van der Waals surface area contributed by atoms with Gasteiger partial charge in [0.25, 0.3) is 0 Å². The summed E-state index contributed by atoms with van der Waals surface area (Å²) in [4.78, 5) is 45.9. The number of esters is 1. The fraction of sp³-hybridized carbons (Fsp3) is 0.767. The molecule has 4 aliphatic rings. The minimum Gasteiger partial charge on any atom is -0.465 e. The fourth-order valence-corrected chi connectivity index (χ4v) is 7.01. The molecule has 0 aromatic rings. The summed E-state index contributed by atoms with van der Waals surface area (Å²) in [6.07, 6.45) is 15.9. The van der Waals surface area contributed by atoms with Gasteiger partial charge in [-0.05, 0) is 51.9 Å². The molecule has 8 heteroatoms. The summed E-state index contributed by atoms with van der Waals surface area (Å²) in [6, 6.07) is -0.793. The Bertz CT molecular complexity index is 934. The second-order valence-electron chi connectivity index (χ2n) is 11.4. The molecule has 1 N–H and O–H groups in total. The van der Waals surface area contributed by atoms with Gasteiger partial charge in [0.05, 0.1) is 12.5 Å². The summed E-state index contributed by atoms with van der Waals surface area (Å²) >= 11 is 0. The molecule has 0 aromatic heterocycles. The van der Waals surface area contributed by atoms with Crippen molar-refractivity contribution in [3.05, 3.63) is 24.3 Å². The van der Waals surface area contributed by atoms with Crippen molar-refractivity contribution < 1.29 is 29.0 Å². The van der Waals surface area contributed by atoms with Gasteiger partial charge in [0.1, 0.15) is 23.2 Å². The summed E-state index contributed by atoms with van der Waals surface area (Å²) in [5.41, 5.74) is -2.23. The van der Waals surface area contributed by atoms with E-state index < -0.39 is 35.0 Å². The number of nitrogens with zero attached hydrogens (tertiary/aromatic N) is 2. The lowest BCUT2D eigenvalue weighted by molar-refractivity contribution is -0.161. The van der Waals surface area contributed by atoms with E-state index in [1.807, 2.05) is 30.1 Å². The highest BCUT2D eigenvalue weighted by Crippen LogP contribution is 2.58. The van der Waals surface area contributed by atoms with E-state index in [0.717, 1.165) is 57.8 Å². The van der Waals surface area contributed by atoms with E-state index in [4.69, 9.17) is 14.6 Å². The molecule has 0 aliphatic carbocycles. The lowest BCUT2D eigenvalue weighted by Gasteiger charge is -2.39. The molecule has 0 bridgehead atoms. The number of aliphatic hydroxyl groups is 1. The topological polar surface area (TPSA) is 96.4 Å². The molecule has 0 aromatic carbocycles. The van der Waals surface area contributed by atoms with E-state index in [2.05, 4.69) is 19.9 Å². The van der Waals surface area contributed by atoms with Crippen molar-refractivity contribution in [2.45, 2.75) is 108 Å². The molecule has 212 valence electrons. The van der Waals surface area contributed by atoms with Crippen LogP contribution in [0.3, 0.4) is 0 Å². The Morgan fingerprint density at radius 3 is 2.55 bits per heavy atom. The van der Waals surface area contributed by atoms with Gasteiger partial charge < -0.3 is 24.4 Å². The van der Waals surface area contributed by atoms with Crippen LogP contribution in [0.4, 0.5) is 0 Å². The van der Waals surface area contributed by atoms with Crippen LogP contribution in [-0.2, 0) is 23.9 Å². The molecule has 0 saturated carbocycles. The quantitative estimate of drug-likeness (QED) is 0.262. The molecular formula is C30H46N2O6. The summed E-state index contributed by atoms with van der Waals surface area (Å²) in [6.45, 7) is 7.49. The standard InChI is InChI=1S/C30H46N2O6/c1-4-15-22(3)31-19-14-17-30-23(26(34)32(25(30)27(31)35)18-11-7-8-12-20-33)24-28(36)37-21-13-9-6-10-16-29(24,5-2)38-30/h10,14,16-17,22-25,33H,4-9,11-13,15,18-21H2,1-3H3/b16-10-/t22?,23-,24-,25?,29+,30-/m0/s1. The highest BCUT2D eigenvalue weighted by molar-refractivity contribution is 5.99. The second-order valence-corrected chi connectivity index (χ2v) is 11.4. The average Bonchev–Trinajstić information content (AvgIpc) is 3.25. The van der Waals surface area contributed by atoms with Crippen molar-refractivity contribution in [3.63, 3.8) is 0 Å². The number of ether oxygens (including phenoxy) is 2. The van der Waals surface area contributed by atoms with Crippen molar-refractivity contribution >= 4 is 17.8 Å². The molecule has 38 heavy (non-hydrogen) atoms. The van der Waals surface area contributed by atoms with Crippen LogP contribution in [-0.4, -0.2) is 82.3 Å². The zero-order chi connectivity index (χ0) is 27.3. The van der Waals surface area contributed by atoms with E-state index >= 15 is 0 Å². The third-order valence-electron chi connectivity index (χ3n) is 8.96. The number of cyclic esters (lactones) is 1. The molecule has 2 amide bonds. The number of hydrogen-bond donors (Lipinski definition) is 1. The van der Waals surface area contributed by atoms with Crippen LogP contribution in [0.1, 0.15) is 85.0 Å². The Kier molecular flexibility index (Phi) is 9.35. The normalized spacial score (nSPS) is 34.8. The van der Waals surface area contributed by atoms with Crippen LogP contribution in [0.2, 0.25) is 0 Å². The van der Waals surface area contributed by atoms with Crippen LogP contribution < -0.4 is 0 Å². The summed E-state index contributed by atoms with van der Waals surface area (Å²) in [5, 5.41) is 9.15. The van der Waals surface area contributed by atoms with Crippen molar-refractivity contribution in [1.29, 1.82) is 0 Å². The molecule has 2 fully saturated rings. The first kappa shape index (κ1) is 28.8. The number of amides is 2. The van der Waals surface area contributed by atoms with E-state index in [-0.39, 0.29) is 24.5 Å². The summed E-state index contributed by atoms with van der Waals surface area (Å²) in [7, 11) is 0. The largest absolute Gasteiger partial charge is 0.465 e. The number of carbonyl (C=O) groups is 3. The van der Waals surface area contributed by atoms with Gasteiger partial charge in [-0.15, -0.1) is 0 Å². The Hall–Kier alpha value is -2.19. The van der Waals surface area contributed by atoms with Crippen molar-refractivity contribution in [2.24, 2.45) is 11.8 Å². The first-order chi connectivity index (χ1) is 18.4. The molecule has 1 spiro atoms. The highest BCUT2D eigenvalue weighted by atomic mass is 16.6. The van der Waals surface area contributed by atoms with Gasteiger partial charge in [-0.1, -0.05) is 57.4 Å². The molecule has 2 saturated heterocycles. The Morgan fingerprint density at radius 1 is 1.03 bits per heavy atom. The highest BCUT2D eigenvalue weighted by Gasteiger charge is 2.75. The lowest BCUT2D eigenvalue weighted by Crippen LogP contribution is -2.57. The van der Waals surface area contributed by atoms with Crippen molar-refractivity contribution in [1.82, 2.24) is 9.80 Å². The third-order valence-corrected chi connectivity index (χ3v) is 8.96. The molecule has 4 heterocycles. The van der Waals surface area contributed by atoms with Crippen LogP contribution in [0, 0.1) is 11.8 Å². The second kappa shape index (κ2) is 12.3. The summed E-state index contributed by atoms with van der Waals surface area (Å²) in [5.74, 6) is -2.33. The molecule has 4 rings (SSSR count). The number of allylic oxidation sites excluding steroid dienone is 1. The van der Waals surface area contributed by atoms with Gasteiger partial charge in [0, 0.05) is 25.7 Å². The number of fused-ring (bicyclic) bond motifs is 2. The average molecular weight is 531 g/mol. The fourth-order valence-electron chi connectivity index (χ4n) is 7.01. The number of hydrogen-bond acceptors (Lipinski definition) is 6. The number of aliphatic hydroxyl groups excluding tert-OH is 1. The minimum atomic E-state index is -1.22. The van der Waals surface area contributed by atoms with Crippen LogP contribution in [0.5, 0.6) is 0 Å². The Labute approximate surface area is 227 Å². The Morgan fingerprint density at radius 2 is 1.82 bits per heavy atom. The Balaban J connectivity index is 1.78. The lowest BCUT2D eigenvalue weighted by atomic mass is 9.73. The number of likely N-dealkylation sites (tertiary alicyclic amines) is 1. The smallest absolute Gasteiger partial charge is 0.313 e. The van der Waals surface area contributed by atoms with E-state index in [1.54, 1.807) is 4.90 Å². The first-order valence-electron chi connectivity index (χ1n) is 14.8. The molecule has 6 atom stereocenters. The first-order valence-corrected chi connectivity index (χ1v) is 14.8. The molecule has 2 unspecified atom stereocenters. The predicted molar refractivity (Wildman–Crippen MR) is 144 cm³/mol. The van der Waals surface area contributed by atoms with Crippen molar-refractivity contribution in [3.8, 4) is 0 Å². The molecule has 8 nitrogen and oxygen atoms in total. The molecule has 0 radical (unpaired) electrons. The number of unbranched alkanes of at least 4 members (excludes halogenated alkanes) is 3. The van der Waals surface area contributed by atoms with Gasteiger partial charge in [-0.2, -0.15) is 0 Å². The van der Waals surface area contributed by atoms with Crippen LogP contribution >= 0.6 is 0 Å². The number of carbonyl (C=O) groups excluding carboxylic acids is 3. The van der Waals surface area contributed by atoms with Gasteiger partial charge in [-0.25, -0.2) is 0 Å². The predicted octanol–water partition coefficient (Wildman–Crippen LogP) is 3.77. The van der Waals surface area contributed by atoms with E-state index in [0.29, 0.717) is 26.1 Å². The van der Waals surface area contributed by atoms with Gasteiger partial charge in [0.2, 0.25) is 11.8 Å². The van der Waals surface area contributed by atoms with Crippen molar-refractivity contribution in [2.75, 3.05) is 26.3 Å². The third kappa shape index (κ3) is 5.06. The maximum atomic E-state index is 14.3. The van der Waals surface area contributed by atoms with Gasteiger partial charge in [0.15, 0.2) is 0 Å². The molecule has 4 aliphatic heterocycles. The maximum absolute atomic E-state index is 14.3. The van der Waals surface area contributed by atoms with Crippen LogP contribution in [0.25, 0.3) is 0 Å². The zero-order valence-corrected chi connectivity index (χ0v) is 23.4. The zero-order valence-electron chi connectivity index (χ0n) is 23.4. The minimum absolute atomic E-state index is 0.0277. The summed E-state index contributed by atoms with van der Waals surface area (Å²) < 4.78 is 12.7.